The first-order valence-electron chi connectivity index (χ1n) is 9.58. The summed E-state index contributed by atoms with van der Waals surface area (Å²) in [6.45, 7) is 1.63. The number of aryl methyl sites for hydroxylation is 1. The van der Waals surface area contributed by atoms with E-state index in [-0.39, 0.29) is 11.8 Å². The molecule has 2 amide bonds. The minimum absolute atomic E-state index is 0.254. The zero-order chi connectivity index (χ0) is 20.1. The van der Waals surface area contributed by atoms with Gasteiger partial charge >= 0.3 is 6.03 Å². The maximum atomic E-state index is 14.6. The van der Waals surface area contributed by atoms with Gasteiger partial charge in [-0.1, -0.05) is 48.5 Å². The van der Waals surface area contributed by atoms with E-state index in [4.69, 9.17) is 0 Å². The second-order valence-electron chi connectivity index (χ2n) is 6.89. The van der Waals surface area contributed by atoms with Crippen molar-refractivity contribution in [3.8, 4) is 0 Å². The van der Waals surface area contributed by atoms with Gasteiger partial charge in [-0.05, 0) is 18.1 Å². The number of imidazole rings is 1. The fraction of sp³-hybridized carbons (Fsp3) is 0.227. The molecule has 2 heterocycles. The molecule has 0 radical (unpaired) electrons. The van der Waals surface area contributed by atoms with Crippen LogP contribution in [0.4, 0.5) is 9.18 Å². The highest BCUT2D eigenvalue weighted by Crippen LogP contribution is 2.29. The maximum Gasteiger partial charge on any atom is 0.323 e. The molecule has 148 valence electrons. The monoisotopic (exact) mass is 391 g/mol. The molecule has 0 spiro atoms. The van der Waals surface area contributed by atoms with Crippen molar-refractivity contribution in [2.24, 2.45) is 4.99 Å². The summed E-state index contributed by atoms with van der Waals surface area (Å²) in [4.78, 5) is 23.0. The summed E-state index contributed by atoms with van der Waals surface area (Å²) in [5, 5.41) is 2.84. The molecule has 1 N–H and O–H groups in total. The lowest BCUT2D eigenvalue weighted by atomic mass is 10.0. The molecule has 29 heavy (non-hydrogen) atoms. The molecule has 1 aliphatic rings. The molecule has 3 aromatic rings. The van der Waals surface area contributed by atoms with Crippen molar-refractivity contribution < 1.29 is 9.18 Å². The zero-order valence-corrected chi connectivity index (χ0v) is 15.9. The van der Waals surface area contributed by atoms with Crippen LogP contribution in [0.2, 0.25) is 0 Å². The van der Waals surface area contributed by atoms with Crippen LogP contribution in [-0.2, 0) is 13.1 Å². The van der Waals surface area contributed by atoms with Crippen molar-refractivity contribution in [3.63, 3.8) is 0 Å². The van der Waals surface area contributed by atoms with Crippen LogP contribution in [0, 0.1) is 5.82 Å². The van der Waals surface area contributed by atoms with Gasteiger partial charge in [0, 0.05) is 31.0 Å². The highest BCUT2D eigenvalue weighted by Gasteiger charge is 2.38. The lowest BCUT2D eigenvalue weighted by molar-refractivity contribution is 0.203. The normalized spacial score (nSPS) is 17.7. The summed E-state index contributed by atoms with van der Waals surface area (Å²) in [6.07, 6.45) is 6.07. The number of nitrogens with zero attached hydrogens (tertiary/aromatic N) is 4. The van der Waals surface area contributed by atoms with Gasteiger partial charge in [0.15, 0.2) is 0 Å². The Bertz CT molecular complexity index is 987. The topological polar surface area (TPSA) is 62.5 Å². The Labute approximate surface area is 168 Å². The van der Waals surface area contributed by atoms with E-state index in [1.165, 1.54) is 6.07 Å². The molecule has 2 aromatic carbocycles. The van der Waals surface area contributed by atoms with Gasteiger partial charge in [-0.2, -0.15) is 0 Å². The summed E-state index contributed by atoms with van der Waals surface area (Å²) in [5.41, 5.74) is 1.47. The van der Waals surface area contributed by atoms with Crippen LogP contribution in [-0.4, -0.2) is 32.9 Å². The third-order valence-corrected chi connectivity index (χ3v) is 4.92. The van der Waals surface area contributed by atoms with Crippen molar-refractivity contribution in [2.45, 2.75) is 25.6 Å². The minimum Gasteiger partial charge on any atom is -0.337 e. The molecule has 1 atom stereocenters. The van der Waals surface area contributed by atoms with Crippen LogP contribution >= 0.6 is 0 Å². The fourth-order valence-corrected chi connectivity index (χ4v) is 3.49. The SMILES string of the molecule is O=C1N/C(=N\Cc2ccccc2)C(c2ccccc2F)N1CCCn1ccnc1. The fourth-order valence-electron chi connectivity index (χ4n) is 3.49. The Morgan fingerprint density at radius 3 is 2.62 bits per heavy atom. The number of benzene rings is 2. The van der Waals surface area contributed by atoms with Gasteiger partial charge in [0.05, 0.1) is 12.9 Å². The van der Waals surface area contributed by atoms with Gasteiger partial charge in [-0.25, -0.2) is 14.2 Å². The number of hydrogen-bond donors (Lipinski definition) is 1. The first-order chi connectivity index (χ1) is 14.2. The quantitative estimate of drug-likeness (QED) is 0.666. The number of amidine groups is 1. The Morgan fingerprint density at radius 1 is 1.07 bits per heavy atom. The molecule has 0 saturated carbocycles. The number of hydrogen-bond acceptors (Lipinski definition) is 3. The van der Waals surface area contributed by atoms with E-state index in [1.807, 2.05) is 41.1 Å². The van der Waals surface area contributed by atoms with Crippen LogP contribution < -0.4 is 5.32 Å². The Hall–Kier alpha value is -3.48. The molecular weight excluding hydrogens is 369 g/mol. The molecule has 1 aliphatic heterocycles. The van der Waals surface area contributed by atoms with Crippen LogP contribution in [0.25, 0.3) is 0 Å². The zero-order valence-electron chi connectivity index (χ0n) is 15.9. The van der Waals surface area contributed by atoms with Crippen molar-refractivity contribution >= 4 is 11.9 Å². The largest absolute Gasteiger partial charge is 0.337 e. The number of amides is 2. The highest BCUT2D eigenvalue weighted by molar-refractivity contribution is 6.07. The molecule has 1 saturated heterocycles. The summed E-state index contributed by atoms with van der Waals surface area (Å²) < 4.78 is 16.5. The van der Waals surface area contributed by atoms with Crippen molar-refractivity contribution in [3.05, 3.63) is 90.3 Å². The first kappa shape index (κ1) is 18.9. The molecular formula is C22H22FN5O. The summed E-state index contributed by atoms with van der Waals surface area (Å²) >= 11 is 0. The smallest absolute Gasteiger partial charge is 0.323 e. The lowest BCUT2D eigenvalue weighted by Gasteiger charge is -2.23. The van der Waals surface area contributed by atoms with Crippen molar-refractivity contribution in [1.82, 2.24) is 19.8 Å². The van der Waals surface area contributed by atoms with Gasteiger partial charge in [-0.15, -0.1) is 0 Å². The first-order valence-corrected chi connectivity index (χ1v) is 9.58. The molecule has 1 fully saturated rings. The Balaban J connectivity index is 1.57. The van der Waals surface area contributed by atoms with Crippen LogP contribution in [0.15, 0.2) is 78.3 Å². The molecule has 0 bridgehead atoms. The van der Waals surface area contributed by atoms with E-state index in [0.29, 0.717) is 24.5 Å². The van der Waals surface area contributed by atoms with E-state index >= 15 is 0 Å². The molecule has 1 aromatic heterocycles. The van der Waals surface area contributed by atoms with Gasteiger partial charge < -0.3 is 9.47 Å². The van der Waals surface area contributed by atoms with Crippen LogP contribution in [0.5, 0.6) is 0 Å². The number of halogens is 1. The molecule has 7 heteroatoms. The highest BCUT2D eigenvalue weighted by atomic mass is 19.1. The summed E-state index contributed by atoms with van der Waals surface area (Å²) in [5.74, 6) is 0.132. The van der Waals surface area contributed by atoms with Crippen molar-refractivity contribution in [2.75, 3.05) is 6.54 Å². The molecule has 1 unspecified atom stereocenters. The average molecular weight is 391 g/mol. The van der Waals surface area contributed by atoms with E-state index in [2.05, 4.69) is 15.3 Å². The summed E-state index contributed by atoms with van der Waals surface area (Å²) in [6, 6.07) is 15.5. The predicted octanol–water partition coefficient (Wildman–Crippen LogP) is 3.78. The molecule has 6 nitrogen and oxygen atoms in total. The number of aromatic nitrogens is 2. The van der Waals surface area contributed by atoms with Gasteiger partial charge in [0.2, 0.25) is 0 Å². The Kier molecular flexibility index (Phi) is 5.65. The van der Waals surface area contributed by atoms with E-state index in [1.54, 1.807) is 35.6 Å². The van der Waals surface area contributed by atoms with E-state index < -0.39 is 6.04 Å². The lowest BCUT2D eigenvalue weighted by Crippen LogP contribution is -2.31. The van der Waals surface area contributed by atoms with Gasteiger partial charge in [-0.3, -0.25) is 10.3 Å². The number of carbonyl (C=O) groups excluding carboxylic acids is 1. The van der Waals surface area contributed by atoms with Gasteiger partial charge in [0.1, 0.15) is 17.7 Å². The van der Waals surface area contributed by atoms with E-state index in [0.717, 1.165) is 18.5 Å². The summed E-state index contributed by atoms with van der Waals surface area (Å²) in [7, 11) is 0. The third kappa shape index (κ3) is 4.34. The molecule has 0 aliphatic carbocycles. The van der Waals surface area contributed by atoms with Crippen LogP contribution in [0.3, 0.4) is 0 Å². The number of carbonyl (C=O) groups is 1. The number of aliphatic imine (C=N–C) groups is 1. The standard InChI is InChI=1S/C22H22FN5O/c23-19-10-5-4-9-18(19)20-21(25-15-17-7-2-1-3-8-17)26-22(29)28(20)13-6-12-27-14-11-24-16-27/h1-5,7-11,14,16,20H,6,12-13,15H2,(H,25,26,29). The second kappa shape index (κ2) is 8.68. The maximum absolute atomic E-state index is 14.6. The number of urea groups is 1. The molecule has 4 rings (SSSR count). The minimum atomic E-state index is -0.560. The third-order valence-electron chi connectivity index (χ3n) is 4.92. The van der Waals surface area contributed by atoms with Gasteiger partial charge in [0.25, 0.3) is 0 Å². The van der Waals surface area contributed by atoms with E-state index in [9.17, 15) is 9.18 Å². The van der Waals surface area contributed by atoms with Crippen LogP contribution in [0.1, 0.15) is 23.6 Å². The number of rotatable bonds is 7. The predicted molar refractivity (Wildman–Crippen MR) is 109 cm³/mol. The average Bonchev–Trinajstić information content (AvgIpc) is 3.36. The second-order valence-corrected chi connectivity index (χ2v) is 6.89. The Morgan fingerprint density at radius 2 is 1.86 bits per heavy atom. The van der Waals surface area contributed by atoms with Crippen molar-refractivity contribution in [1.29, 1.82) is 0 Å². The number of nitrogens with one attached hydrogen (secondary N) is 1.